The molecule has 0 fully saturated rings. The van der Waals surface area contributed by atoms with E-state index < -0.39 is 0 Å². The van der Waals surface area contributed by atoms with Crippen molar-refractivity contribution in [2.75, 3.05) is 6.54 Å². The van der Waals surface area contributed by atoms with Crippen molar-refractivity contribution in [3.8, 4) is 11.5 Å². The van der Waals surface area contributed by atoms with Gasteiger partial charge in [-0.3, -0.25) is 0 Å². The van der Waals surface area contributed by atoms with Crippen molar-refractivity contribution < 1.29 is 10.2 Å². The standard InChI is InChI=1S/C16H16N2O2S/c19-12-6-5-11(14(20)9-12)10-17-8-7-16-18-13-3-1-2-4-15(13)21-16/h1-6,9,17,19-20H,7-8,10H2. The van der Waals surface area contributed by atoms with E-state index in [4.69, 9.17) is 0 Å². The van der Waals surface area contributed by atoms with Crippen LogP contribution in [0.1, 0.15) is 10.6 Å². The number of hydrogen-bond acceptors (Lipinski definition) is 5. The highest BCUT2D eigenvalue weighted by Crippen LogP contribution is 2.23. The van der Waals surface area contributed by atoms with Gasteiger partial charge in [0.1, 0.15) is 11.5 Å². The van der Waals surface area contributed by atoms with Crippen LogP contribution in [0.15, 0.2) is 42.5 Å². The predicted molar refractivity (Wildman–Crippen MR) is 84.8 cm³/mol. The van der Waals surface area contributed by atoms with Crippen molar-refractivity contribution in [3.63, 3.8) is 0 Å². The fourth-order valence-corrected chi connectivity index (χ4v) is 3.11. The molecule has 4 nitrogen and oxygen atoms in total. The maximum Gasteiger partial charge on any atom is 0.123 e. The first-order valence-corrected chi connectivity index (χ1v) is 7.60. The van der Waals surface area contributed by atoms with Gasteiger partial charge in [-0.1, -0.05) is 18.2 Å². The molecular weight excluding hydrogens is 284 g/mol. The van der Waals surface area contributed by atoms with Gasteiger partial charge in [-0.15, -0.1) is 11.3 Å². The summed E-state index contributed by atoms with van der Waals surface area (Å²) in [7, 11) is 0. The predicted octanol–water partition coefficient (Wildman–Crippen LogP) is 3.04. The highest BCUT2D eigenvalue weighted by Gasteiger charge is 2.04. The summed E-state index contributed by atoms with van der Waals surface area (Å²) in [5.74, 6) is 0.188. The number of aromatic nitrogens is 1. The van der Waals surface area contributed by atoms with Gasteiger partial charge in [0.25, 0.3) is 0 Å². The first-order chi connectivity index (χ1) is 10.2. The average molecular weight is 300 g/mol. The van der Waals surface area contributed by atoms with Crippen LogP contribution in [-0.4, -0.2) is 21.7 Å². The Kier molecular flexibility index (Phi) is 4.03. The van der Waals surface area contributed by atoms with Crippen molar-refractivity contribution in [2.24, 2.45) is 0 Å². The molecule has 1 heterocycles. The van der Waals surface area contributed by atoms with E-state index in [1.54, 1.807) is 23.5 Å². The summed E-state index contributed by atoms with van der Waals surface area (Å²) in [5, 5.41) is 23.3. The first kappa shape index (κ1) is 13.9. The molecule has 0 saturated heterocycles. The van der Waals surface area contributed by atoms with Gasteiger partial charge in [0.2, 0.25) is 0 Å². The van der Waals surface area contributed by atoms with E-state index >= 15 is 0 Å². The lowest BCUT2D eigenvalue weighted by Crippen LogP contribution is -2.16. The zero-order chi connectivity index (χ0) is 14.7. The quantitative estimate of drug-likeness (QED) is 0.634. The number of thiazole rings is 1. The Morgan fingerprint density at radius 2 is 1.95 bits per heavy atom. The summed E-state index contributed by atoms with van der Waals surface area (Å²) in [6.07, 6.45) is 0.859. The second-order valence-corrected chi connectivity index (χ2v) is 5.93. The molecule has 0 bridgehead atoms. The lowest BCUT2D eigenvalue weighted by Gasteiger charge is -2.06. The Morgan fingerprint density at radius 1 is 1.10 bits per heavy atom. The lowest BCUT2D eigenvalue weighted by molar-refractivity contribution is 0.444. The van der Waals surface area contributed by atoms with E-state index in [1.807, 2.05) is 18.2 Å². The maximum atomic E-state index is 9.69. The Labute approximate surface area is 126 Å². The van der Waals surface area contributed by atoms with Gasteiger partial charge in [-0.05, 0) is 18.2 Å². The number of benzene rings is 2. The van der Waals surface area contributed by atoms with Gasteiger partial charge in [-0.2, -0.15) is 0 Å². The van der Waals surface area contributed by atoms with E-state index in [0.717, 1.165) is 29.1 Å². The Hall–Kier alpha value is -2.11. The number of aromatic hydroxyl groups is 2. The summed E-state index contributed by atoms with van der Waals surface area (Å²) in [4.78, 5) is 4.58. The topological polar surface area (TPSA) is 65.4 Å². The molecule has 0 spiro atoms. The number of hydrogen-bond donors (Lipinski definition) is 3. The van der Waals surface area contributed by atoms with Crippen LogP contribution in [0.4, 0.5) is 0 Å². The number of nitrogens with zero attached hydrogens (tertiary/aromatic N) is 1. The number of phenols is 2. The van der Waals surface area contributed by atoms with Gasteiger partial charge >= 0.3 is 0 Å². The zero-order valence-electron chi connectivity index (χ0n) is 11.4. The minimum Gasteiger partial charge on any atom is -0.508 e. The monoisotopic (exact) mass is 300 g/mol. The Balaban J connectivity index is 1.54. The fraction of sp³-hybridized carbons (Fsp3) is 0.188. The molecule has 2 aromatic carbocycles. The molecule has 0 radical (unpaired) electrons. The highest BCUT2D eigenvalue weighted by molar-refractivity contribution is 7.18. The molecule has 1 aromatic heterocycles. The maximum absolute atomic E-state index is 9.69. The van der Waals surface area contributed by atoms with Crippen LogP contribution in [0.25, 0.3) is 10.2 Å². The normalized spacial score (nSPS) is 11.0. The molecule has 5 heteroatoms. The summed E-state index contributed by atoms with van der Waals surface area (Å²) < 4.78 is 1.21. The number of para-hydroxylation sites is 1. The zero-order valence-corrected chi connectivity index (χ0v) is 12.2. The van der Waals surface area contributed by atoms with Crippen molar-refractivity contribution in [3.05, 3.63) is 53.0 Å². The van der Waals surface area contributed by atoms with Crippen molar-refractivity contribution in [1.82, 2.24) is 10.3 Å². The van der Waals surface area contributed by atoms with Crippen molar-refractivity contribution >= 4 is 21.6 Å². The minimum absolute atomic E-state index is 0.0747. The molecule has 0 aliphatic rings. The third-order valence-corrected chi connectivity index (χ3v) is 4.33. The van der Waals surface area contributed by atoms with E-state index in [9.17, 15) is 10.2 Å². The van der Waals surface area contributed by atoms with Crippen LogP contribution in [0.3, 0.4) is 0 Å². The highest BCUT2D eigenvalue weighted by atomic mass is 32.1. The SMILES string of the molecule is Oc1ccc(CNCCc2nc3ccccc3s2)c(O)c1. The fourth-order valence-electron chi connectivity index (χ4n) is 2.15. The largest absolute Gasteiger partial charge is 0.508 e. The molecular formula is C16H16N2O2S. The third-order valence-electron chi connectivity index (χ3n) is 3.24. The second kappa shape index (κ2) is 6.11. The van der Waals surface area contributed by atoms with E-state index in [2.05, 4.69) is 16.4 Å². The molecule has 21 heavy (non-hydrogen) atoms. The molecule has 0 atom stereocenters. The van der Waals surface area contributed by atoms with Crippen LogP contribution in [0.5, 0.6) is 11.5 Å². The van der Waals surface area contributed by atoms with Crippen LogP contribution >= 0.6 is 11.3 Å². The summed E-state index contributed by atoms with van der Waals surface area (Å²) >= 11 is 1.72. The van der Waals surface area contributed by atoms with Gasteiger partial charge in [-0.25, -0.2) is 4.98 Å². The smallest absolute Gasteiger partial charge is 0.123 e. The third kappa shape index (κ3) is 3.32. The van der Waals surface area contributed by atoms with Gasteiger partial charge in [0.05, 0.1) is 15.2 Å². The summed E-state index contributed by atoms with van der Waals surface area (Å²) in [5.41, 5.74) is 1.82. The van der Waals surface area contributed by atoms with Gasteiger partial charge in [0.15, 0.2) is 0 Å². The van der Waals surface area contributed by atoms with Crippen LogP contribution in [0, 0.1) is 0 Å². The summed E-state index contributed by atoms with van der Waals surface area (Å²) in [6.45, 7) is 1.36. The number of rotatable bonds is 5. The van der Waals surface area contributed by atoms with Gasteiger partial charge in [0, 0.05) is 31.1 Å². The molecule has 0 amide bonds. The number of fused-ring (bicyclic) bond motifs is 1. The number of nitrogens with one attached hydrogen (secondary N) is 1. The molecule has 0 aliphatic carbocycles. The lowest BCUT2D eigenvalue weighted by atomic mass is 10.2. The van der Waals surface area contributed by atoms with E-state index in [0.29, 0.717) is 6.54 Å². The summed E-state index contributed by atoms with van der Waals surface area (Å²) in [6, 6.07) is 12.8. The molecule has 3 aromatic rings. The second-order valence-electron chi connectivity index (χ2n) is 4.82. The van der Waals surface area contributed by atoms with Crippen molar-refractivity contribution in [2.45, 2.75) is 13.0 Å². The minimum atomic E-state index is 0.0747. The molecule has 0 unspecified atom stereocenters. The van der Waals surface area contributed by atoms with Crippen LogP contribution < -0.4 is 5.32 Å². The van der Waals surface area contributed by atoms with Crippen LogP contribution in [-0.2, 0) is 13.0 Å². The Bertz CT molecular complexity index is 722. The van der Waals surface area contributed by atoms with Crippen molar-refractivity contribution in [1.29, 1.82) is 0 Å². The van der Waals surface area contributed by atoms with E-state index in [1.165, 1.54) is 10.8 Å². The molecule has 0 aliphatic heterocycles. The Morgan fingerprint density at radius 3 is 2.76 bits per heavy atom. The van der Waals surface area contributed by atoms with Crippen LogP contribution in [0.2, 0.25) is 0 Å². The molecule has 0 saturated carbocycles. The average Bonchev–Trinajstić information content (AvgIpc) is 2.88. The molecule has 3 N–H and O–H groups in total. The van der Waals surface area contributed by atoms with E-state index in [-0.39, 0.29) is 11.5 Å². The molecule has 108 valence electrons. The first-order valence-electron chi connectivity index (χ1n) is 6.78. The van der Waals surface area contributed by atoms with Gasteiger partial charge < -0.3 is 15.5 Å². The molecule has 3 rings (SSSR count). The number of phenolic OH excluding ortho intramolecular Hbond substituents is 2.